The van der Waals surface area contributed by atoms with Crippen molar-refractivity contribution in [1.29, 1.82) is 0 Å². The Labute approximate surface area is 120 Å². The van der Waals surface area contributed by atoms with Crippen LogP contribution in [0.5, 0.6) is 6.01 Å². The number of aromatic nitrogens is 4. The predicted octanol–water partition coefficient (Wildman–Crippen LogP) is 2.18. The molecule has 3 aromatic rings. The van der Waals surface area contributed by atoms with Gasteiger partial charge in [-0.2, -0.15) is 4.98 Å². The van der Waals surface area contributed by atoms with Crippen molar-refractivity contribution in [1.82, 2.24) is 19.9 Å². The standard InChI is InChI=1S/C14H12FN5O/c1-21-14-17-6-10(15)13(20-14)16-7-12-9-4-2-3-5-11(9)18-8-19-12/h2-6,8H,7H2,1H3,(H,16,17,20). The molecule has 2 aromatic heterocycles. The number of nitrogens with zero attached hydrogens (tertiary/aromatic N) is 4. The second-order valence-corrected chi connectivity index (χ2v) is 4.24. The number of para-hydroxylation sites is 1. The Morgan fingerprint density at radius 3 is 2.90 bits per heavy atom. The number of nitrogens with one attached hydrogen (secondary N) is 1. The van der Waals surface area contributed by atoms with Crippen LogP contribution in [0.15, 0.2) is 36.8 Å². The van der Waals surface area contributed by atoms with Gasteiger partial charge in [-0.05, 0) is 6.07 Å². The number of hydrogen-bond donors (Lipinski definition) is 1. The van der Waals surface area contributed by atoms with Crippen molar-refractivity contribution in [3.63, 3.8) is 0 Å². The van der Waals surface area contributed by atoms with E-state index >= 15 is 0 Å². The van der Waals surface area contributed by atoms with Crippen molar-refractivity contribution in [2.45, 2.75) is 6.54 Å². The molecule has 0 spiro atoms. The maximum absolute atomic E-state index is 13.6. The van der Waals surface area contributed by atoms with E-state index in [0.717, 1.165) is 22.8 Å². The first-order valence-corrected chi connectivity index (χ1v) is 6.27. The van der Waals surface area contributed by atoms with Crippen LogP contribution in [0, 0.1) is 5.82 Å². The van der Waals surface area contributed by atoms with Crippen LogP contribution >= 0.6 is 0 Å². The SMILES string of the molecule is COc1ncc(F)c(NCc2ncnc3ccccc23)n1. The summed E-state index contributed by atoms with van der Waals surface area (Å²) in [7, 11) is 1.43. The van der Waals surface area contributed by atoms with Crippen molar-refractivity contribution >= 4 is 16.7 Å². The zero-order chi connectivity index (χ0) is 14.7. The summed E-state index contributed by atoms with van der Waals surface area (Å²) < 4.78 is 18.5. The van der Waals surface area contributed by atoms with Crippen molar-refractivity contribution < 1.29 is 9.13 Å². The first-order valence-electron chi connectivity index (χ1n) is 6.27. The molecule has 3 rings (SSSR count). The van der Waals surface area contributed by atoms with E-state index in [-0.39, 0.29) is 11.8 Å². The molecule has 0 amide bonds. The quantitative estimate of drug-likeness (QED) is 0.792. The normalized spacial score (nSPS) is 10.6. The summed E-state index contributed by atoms with van der Waals surface area (Å²) in [6.07, 6.45) is 2.54. The molecule has 0 radical (unpaired) electrons. The maximum atomic E-state index is 13.6. The summed E-state index contributed by atoms with van der Waals surface area (Å²) in [6, 6.07) is 7.73. The van der Waals surface area contributed by atoms with Gasteiger partial charge in [-0.1, -0.05) is 18.2 Å². The minimum Gasteiger partial charge on any atom is -0.467 e. The molecule has 6 nitrogen and oxygen atoms in total. The fourth-order valence-corrected chi connectivity index (χ4v) is 1.94. The zero-order valence-corrected chi connectivity index (χ0v) is 11.2. The molecule has 0 bridgehead atoms. The largest absolute Gasteiger partial charge is 0.467 e. The molecule has 0 unspecified atom stereocenters. The zero-order valence-electron chi connectivity index (χ0n) is 11.2. The van der Waals surface area contributed by atoms with E-state index in [0.29, 0.717) is 6.54 Å². The van der Waals surface area contributed by atoms with Gasteiger partial charge in [0.2, 0.25) is 0 Å². The van der Waals surface area contributed by atoms with Crippen molar-refractivity contribution in [3.05, 3.63) is 48.3 Å². The number of anilines is 1. The summed E-state index contributed by atoms with van der Waals surface area (Å²) in [5.41, 5.74) is 1.60. The van der Waals surface area contributed by atoms with Crippen LogP contribution in [0.1, 0.15) is 5.69 Å². The van der Waals surface area contributed by atoms with Crippen LogP contribution in [0.2, 0.25) is 0 Å². The van der Waals surface area contributed by atoms with Gasteiger partial charge >= 0.3 is 6.01 Å². The molecular weight excluding hydrogens is 273 g/mol. The van der Waals surface area contributed by atoms with Crippen LogP contribution in [0.3, 0.4) is 0 Å². The van der Waals surface area contributed by atoms with Crippen LogP contribution < -0.4 is 10.1 Å². The topological polar surface area (TPSA) is 72.8 Å². The predicted molar refractivity (Wildman–Crippen MR) is 75.4 cm³/mol. The Morgan fingerprint density at radius 2 is 2.05 bits per heavy atom. The van der Waals surface area contributed by atoms with Gasteiger partial charge < -0.3 is 10.1 Å². The van der Waals surface area contributed by atoms with Gasteiger partial charge in [-0.25, -0.2) is 19.3 Å². The van der Waals surface area contributed by atoms with Gasteiger partial charge in [0.15, 0.2) is 11.6 Å². The Balaban J connectivity index is 1.87. The molecule has 2 heterocycles. The third kappa shape index (κ3) is 2.71. The minimum absolute atomic E-state index is 0.0737. The fourth-order valence-electron chi connectivity index (χ4n) is 1.94. The summed E-state index contributed by atoms with van der Waals surface area (Å²) in [4.78, 5) is 16.0. The number of fused-ring (bicyclic) bond motifs is 1. The lowest BCUT2D eigenvalue weighted by Crippen LogP contribution is -2.07. The molecule has 0 aliphatic heterocycles. The lowest BCUT2D eigenvalue weighted by Gasteiger charge is -2.08. The smallest absolute Gasteiger partial charge is 0.318 e. The molecule has 0 aliphatic carbocycles. The maximum Gasteiger partial charge on any atom is 0.318 e. The average molecular weight is 285 g/mol. The average Bonchev–Trinajstić information content (AvgIpc) is 2.54. The Morgan fingerprint density at radius 1 is 1.19 bits per heavy atom. The van der Waals surface area contributed by atoms with E-state index in [1.54, 1.807) is 0 Å². The molecule has 0 aliphatic rings. The van der Waals surface area contributed by atoms with E-state index in [1.165, 1.54) is 13.4 Å². The van der Waals surface area contributed by atoms with Crippen LogP contribution in [0.4, 0.5) is 10.2 Å². The number of methoxy groups -OCH3 is 1. The van der Waals surface area contributed by atoms with Gasteiger partial charge in [0.1, 0.15) is 6.33 Å². The Bertz CT molecular complexity index is 775. The lowest BCUT2D eigenvalue weighted by atomic mass is 10.2. The highest BCUT2D eigenvalue weighted by atomic mass is 19.1. The second kappa shape index (κ2) is 5.66. The first kappa shape index (κ1) is 13.2. The van der Waals surface area contributed by atoms with Crippen molar-refractivity contribution in [3.8, 4) is 6.01 Å². The highest BCUT2D eigenvalue weighted by molar-refractivity contribution is 5.80. The van der Waals surface area contributed by atoms with E-state index in [4.69, 9.17) is 4.74 Å². The van der Waals surface area contributed by atoms with Gasteiger partial charge in [0, 0.05) is 5.39 Å². The molecule has 0 atom stereocenters. The summed E-state index contributed by atoms with van der Waals surface area (Å²) in [5.74, 6) is -0.473. The highest BCUT2D eigenvalue weighted by Crippen LogP contribution is 2.17. The van der Waals surface area contributed by atoms with E-state index in [1.807, 2.05) is 24.3 Å². The van der Waals surface area contributed by atoms with E-state index in [9.17, 15) is 4.39 Å². The first-order chi connectivity index (χ1) is 10.3. The molecule has 1 aromatic carbocycles. The summed E-state index contributed by atoms with van der Waals surface area (Å²) >= 11 is 0. The highest BCUT2D eigenvalue weighted by Gasteiger charge is 2.08. The van der Waals surface area contributed by atoms with Gasteiger partial charge in [0.25, 0.3) is 0 Å². The van der Waals surface area contributed by atoms with Crippen molar-refractivity contribution in [2.75, 3.05) is 12.4 Å². The molecule has 7 heteroatoms. The number of hydrogen-bond acceptors (Lipinski definition) is 6. The van der Waals surface area contributed by atoms with Gasteiger partial charge in [0.05, 0.1) is 31.1 Å². The van der Waals surface area contributed by atoms with Crippen molar-refractivity contribution in [2.24, 2.45) is 0 Å². The molecule has 106 valence electrons. The number of benzene rings is 1. The molecule has 0 fully saturated rings. The molecule has 1 N–H and O–H groups in total. The second-order valence-electron chi connectivity index (χ2n) is 4.24. The van der Waals surface area contributed by atoms with E-state index < -0.39 is 5.82 Å². The van der Waals surface area contributed by atoms with E-state index in [2.05, 4.69) is 25.3 Å². The third-order valence-corrected chi connectivity index (χ3v) is 2.95. The summed E-state index contributed by atoms with van der Waals surface area (Å²) in [5, 5.41) is 3.81. The number of rotatable bonds is 4. The molecule has 21 heavy (non-hydrogen) atoms. The lowest BCUT2D eigenvalue weighted by molar-refractivity contribution is 0.377. The van der Waals surface area contributed by atoms with Crippen LogP contribution in [0.25, 0.3) is 10.9 Å². The molecule has 0 saturated heterocycles. The van der Waals surface area contributed by atoms with Gasteiger partial charge in [-0.15, -0.1) is 0 Å². The third-order valence-electron chi connectivity index (χ3n) is 2.95. The van der Waals surface area contributed by atoms with Crippen LogP contribution in [-0.4, -0.2) is 27.0 Å². The number of ether oxygens (including phenoxy) is 1. The molecule has 0 saturated carbocycles. The fraction of sp³-hybridized carbons (Fsp3) is 0.143. The molecular formula is C14H12FN5O. The number of halogens is 1. The van der Waals surface area contributed by atoms with Crippen LogP contribution in [-0.2, 0) is 6.54 Å². The summed E-state index contributed by atoms with van der Waals surface area (Å²) in [6.45, 7) is 0.320. The Kier molecular flexibility index (Phi) is 3.55. The minimum atomic E-state index is -0.547. The monoisotopic (exact) mass is 285 g/mol. The Hall–Kier alpha value is -2.83. The van der Waals surface area contributed by atoms with Gasteiger partial charge in [-0.3, -0.25) is 0 Å².